The van der Waals surface area contributed by atoms with Crippen molar-refractivity contribution in [2.24, 2.45) is 10.1 Å². The summed E-state index contributed by atoms with van der Waals surface area (Å²) in [6.45, 7) is 0. The monoisotopic (exact) mass is 68.0 g/mol. The van der Waals surface area contributed by atoms with E-state index in [1.54, 1.807) is 0 Å². The molecule has 0 atom stereocenters. The molecular weight excluding hydrogens is 66.0 g/mol. The molecule has 0 unspecified atom stereocenters. The molecule has 0 saturated carbocycles. The summed E-state index contributed by atoms with van der Waals surface area (Å²) in [7, 11) is 0. The third-order valence-corrected chi connectivity index (χ3v) is 0.303. The van der Waals surface area contributed by atoms with Gasteiger partial charge in [0, 0.05) is 0 Å². The number of hydrogen-bond donors (Lipinski definition) is 0. The van der Waals surface area contributed by atoms with Gasteiger partial charge in [-0.3, -0.25) is 0 Å². The first kappa shape index (κ1) is 2.30. The highest BCUT2D eigenvalue weighted by atomic mass is 15.1. The largest absolute Gasteiger partial charge is 0.412 e. The smallest absolute Gasteiger partial charge is 0.0758 e. The minimum Gasteiger partial charge on any atom is -0.0758 e. The highest BCUT2D eigenvalue weighted by molar-refractivity contribution is 5.69. The van der Waals surface area contributed by atoms with Crippen LogP contribution in [0.2, 0.25) is 0 Å². The molecule has 1 aliphatic rings. The van der Waals surface area contributed by atoms with E-state index in [0.29, 0.717) is 0 Å². The van der Waals surface area contributed by atoms with Gasteiger partial charge in [0.2, 0.25) is 0 Å². The standard InChI is InChI=1S/C2H2N3/c1-3-2-5-4-1/h1-2H/q+1. The second-order valence-corrected chi connectivity index (χ2v) is 0.611. The lowest BCUT2D eigenvalue weighted by Crippen LogP contribution is -1.50. The molecule has 3 heteroatoms. The van der Waals surface area contributed by atoms with Crippen LogP contribution >= 0.6 is 0 Å². The maximum atomic E-state index is 3.50. The molecule has 5 heavy (non-hydrogen) atoms. The van der Waals surface area contributed by atoms with E-state index >= 15 is 0 Å². The molecule has 0 bridgehead atoms. The Balaban J connectivity index is 2.98. The average molecular weight is 68.1 g/mol. The van der Waals surface area contributed by atoms with Crippen molar-refractivity contribution < 1.29 is 4.79 Å². The summed E-state index contributed by atoms with van der Waals surface area (Å²) in [5, 5.41) is 3.36. The third kappa shape index (κ3) is 0.205. The second-order valence-electron chi connectivity index (χ2n) is 0.611. The van der Waals surface area contributed by atoms with Crippen molar-refractivity contribution in [1.82, 2.24) is 0 Å². The molecule has 0 aromatic carbocycles. The van der Waals surface area contributed by atoms with Gasteiger partial charge in [-0.15, -0.1) is 0 Å². The van der Waals surface area contributed by atoms with E-state index < -0.39 is 0 Å². The fraction of sp³-hybridized carbons (Fsp3) is 0. The molecule has 0 N–H and O–H groups in total. The molecule has 0 aromatic rings. The van der Waals surface area contributed by atoms with Gasteiger partial charge < -0.3 is 0 Å². The van der Waals surface area contributed by atoms with Crippen molar-refractivity contribution in [3.8, 4) is 0 Å². The summed E-state index contributed by atoms with van der Waals surface area (Å²) < 4.78 is 0. The van der Waals surface area contributed by atoms with Crippen molar-refractivity contribution in [1.29, 1.82) is 0 Å². The van der Waals surface area contributed by atoms with Gasteiger partial charge in [0.1, 0.15) is 0 Å². The first-order valence-corrected chi connectivity index (χ1v) is 1.23. The van der Waals surface area contributed by atoms with Gasteiger partial charge in [-0.05, 0) is 4.99 Å². The predicted octanol–water partition coefficient (Wildman–Crippen LogP) is -0.283. The van der Waals surface area contributed by atoms with Crippen LogP contribution in [0.5, 0.6) is 0 Å². The minimum atomic E-state index is 1.39. The number of nitrogens with zero attached hydrogens (tertiary/aromatic N) is 3. The van der Waals surface area contributed by atoms with E-state index in [1.165, 1.54) is 12.7 Å². The first-order valence-electron chi connectivity index (χ1n) is 1.23. The molecule has 0 aromatic heterocycles. The molecule has 3 nitrogen and oxygen atoms in total. The van der Waals surface area contributed by atoms with Crippen molar-refractivity contribution in [3.05, 3.63) is 0 Å². The Bertz CT molecular complexity index is 96.1. The van der Waals surface area contributed by atoms with Gasteiger partial charge in [0.25, 0.3) is 6.34 Å². The van der Waals surface area contributed by atoms with Crippen molar-refractivity contribution in [3.63, 3.8) is 0 Å². The molecule has 0 amide bonds. The summed E-state index contributed by atoms with van der Waals surface area (Å²) in [5.74, 6) is 0. The molecule has 1 heterocycles. The lowest BCUT2D eigenvalue weighted by atomic mass is 11.3. The van der Waals surface area contributed by atoms with Gasteiger partial charge in [0.05, 0.1) is 5.11 Å². The molecule has 1 rings (SSSR count). The van der Waals surface area contributed by atoms with Gasteiger partial charge in [0.15, 0.2) is 0 Å². The number of aliphatic imine (C=N–C) groups is 1. The Morgan fingerprint density at radius 2 is 2.60 bits per heavy atom. The summed E-state index contributed by atoms with van der Waals surface area (Å²) in [4.78, 5) is 6.86. The van der Waals surface area contributed by atoms with E-state index in [9.17, 15) is 0 Å². The minimum absolute atomic E-state index is 1.39. The van der Waals surface area contributed by atoms with Crippen LogP contribution in [0, 0.1) is 0 Å². The van der Waals surface area contributed by atoms with Crippen molar-refractivity contribution in [2.75, 3.05) is 0 Å². The summed E-state index contributed by atoms with van der Waals surface area (Å²) >= 11 is 0. The van der Waals surface area contributed by atoms with Crippen LogP contribution in [0.1, 0.15) is 0 Å². The summed E-state index contributed by atoms with van der Waals surface area (Å²) in [5.41, 5.74) is 0. The van der Waals surface area contributed by atoms with Gasteiger partial charge in [-0.25, -0.2) is 0 Å². The van der Waals surface area contributed by atoms with E-state index in [0.717, 1.165) is 0 Å². The predicted molar refractivity (Wildman–Crippen MR) is 17.2 cm³/mol. The Morgan fingerprint density at radius 1 is 1.60 bits per heavy atom. The Kier molecular flexibility index (Phi) is 0.359. The van der Waals surface area contributed by atoms with Crippen LogP contribution in [0.4, 0.5) is 0 Å². The maximum Gasteiger partial charge on any atom is 0.412 e. The van der Waals surface area contributed by atoms with Crippen LogP contribution in [0.15, 0.2) is 10.1 Å². The van der Waals surface area contributed by atoms with E-state index in [2.05, 4.69) is 14.9 Å². The fourth-order valence-electron chi connectivity index (χ4n) is 0.149. The Morgan fingerprint density at radius 3 is 2.80 bits per heavy atom. The normalized spacial score (nSPS) is 14.4. The molecule has 1 aliphatic heterocycles. The van der Waals surface area contributed by atoms with Gasteiger partial charge >= 0.3 is 6.34 Å². The van der Waals surface area contributed by atoms with Crippen LogP contribution in [-0.2, 0) is 0 Å². The van der Waals surface area contributed by atoms with Crippen LogP contribution in [0.25, 0.3) is 0 Å². The van der Waals surface area contributed by atoms with E-state index in [-0.39, 0.29) is 0 Å². The highest BCUT2D eigenvalue weighted by Crippen LogP contribution is 1.59. The van der Waals surface area contributed by atoms with Gasteiger partial charge in [-0.2, -0.15) is 0 Å². The molecule has 0 fully saturated rings. The fourth-order valence-corrected chi connectivity index (χ4v) is 0.149. The summed E-state index contributed by atoms with van der Waals surface area (Å²) in [6.07, 6.45) is 2.78. The SMILES string of the molecule is C1=NC=[N+]=N1. The third-order valence-electron chi connectivity index (χ3n) is 0.303. The zero-order valence-corrected chi connectivity index (χ0v) is 2.50. The number of rotatable bonds is 0. The van der Waals surface area contributed by atoms with E-state index in [1.807, 2.05) is 0 Å². The molecule has 24 valence electrons. The molecular formula is C2H2N3+. The zero-order chi connectivity index (χ0) is 3.54. The lowest BCUT2D eigenvalue weighted by molar-refractivity contribution is -0.0605. The highest BCUT2D eigenvalue weighted by Gasteiger charge is 1.82. The van der Waals surface area contributed by atoms with Crippen LogP contribution < -0.4 is 0 Å². The summed E-state index contributed by atoms with van der Waals surface area (Å²) in [6, 6.07) is 0. The quantitative estimate of drug-likeness (QED) is 0.350. The van der Waals surface area contributed by atoms with Gasteiger partial charge in [-0.1, -0.05) is 4.79 Å². The zero-order valence-electron chi connectivity index (χ0n) is 2.50. The number of hydrogen-bond acceptors (Lipinski definition) is 2. The Labute approximate surface area is 28.8 Å². The van der Waals surface area contributed by atoms with Crippen molar-refractivity contribution in [2.45, 2.75) is 0 Å². The van der Waals surface area contributed by atoms with Crippen LogP contribution in [0.3, 0.4) is 0 Å². The second kappa shape index (κ2) is 0.781. The topological polar surface area (TPSA) is 38.8 Å². The van der Waals surface area contributed by atoms with Crippen LogP contribution in [-0.4, -0.2) is 17.5 Å². The Hall–Kier alpha value is -0.950. The maximum absolute atomic E-state index is 3.50. The molecule has 0 radical (unpaired) electrons. The molecule has 0 saturated heterocycles. The molecule has 0 aliphatic carbocycles. The first-order chi connectivity index (χ1) is 2.50. The lowest BCUT2D eigenvalue weighted by Gasteiger charge is -1.26. The average Bonchev–Trinajstić information content (AvgIpc) is 1.76. The van der Waals surface area contributed by atoms with Crippen molar-refractivity contribution >= 4 is 12.7 Å². The molecule has 0 spiro atoms. The van der Waals surface area contributed by atoms with E-state index in [4.69, 9.17) is 0 Å².